The van der Waals surface area contributed by atoms with Gasteiger partial charge in [-0.2, -0.15) is 0 Å². The van der Waals surface area contributed by atoms with Crippen LogP contribution in [-0.2, 0) is 32.5 Å². The fourth-order valence-electron chi connectivity index (χ4n) is 2.27. The van der Waals surface area contributed by atoms with Gasteiger partial charge in [0.1, 0.15) is 22.1 Å². The number of carbonyl (C=O) groups excluding carboxylic acids is 1. The first-order valence-electron chi connectivity index (χ1n) is 7.47. The maximum Gasteiger partial charge on any atom is 0.296 e. The monoisotopic (exact) mass is 359 g/mol. The first-order valence-corrected chi connectivity index (χ1v) is 9.53. The highest BCUT2D eigenvalue weighted by molar-refractivity contribution is 7.90. The summed E-state index contributed by atoms with van der Waals surface area (Å²) in [5, 5.41) is 0. The number of rotatable bonds is 6. The van der Waals surface area contributed by atoms with Gasteiger partial charge in [0.05, 0.1) is 38.3 Å². The van der Waals surface area contributed by atoms with Crippen molar-refractivity contribution in [1.82, 2.24) is 14.5 Å². The summed E-state index contributed by atoms with van der Waals surface area (Å²) >= 11 is 0. The van der Waals surface area contributed by atoms with E-state index in [1.54, 1.807) is 7.11 Å². The average Bonchev–Trinajstić information content (AvgIpc) is 2.74. The summed E-state index contributed by atoms with van der Waals surface area (Å²) in [6.07, 6.45) is 2.39. The fraction of sp³-hybridized carbons (Fsp3) is 0.643. The molecule has 0 saturated carbocycles. The summed E-state index contributed by atoms with van der Waals surface area (Å²) in [5.74, 6) is -0.378. The fourth-order valence-corrected chi connectivity index (χ4v) is 2.82. The number of fused-ring (bicyclic) bond motifs is 1. The summed E-state index contributed by atoms with van der Waals surface area (Å²) in [7, 11) is -1.67. The summed E-state index contributed by atoms with van der Waals surface area (Å²) in [6, 6.07) is 0. The molecule has 0 fully saturated rings. The van der Waals surface area contributed by atoms with Crippen LogP contribution in [0.15, 0.2) is 11.1 Å². The van der Waals surface area contributed by atoms with Gasteiger partial charge < -0.3 is 14.4 Å². The molecule has 1 aliphatic rings. The molecule has 2 rings (SSSR count). The van der Waals surface area contributed by atoms with E-state index in [0.717, 1.165) is 6.26 Å². The Labute approximate surface area is 140 Å². The lowest BCUT2D eigenvalue weighted by Crippen LogP contribution is -2.33. The lowest BCUT2D eigenvalue weighted by atomic mass is 10.3. The van der Waals surface area contributed by atoms with Crippen LogP contribution in [0.1, 0.15) is 12.1 Å². The molecule has 0 atom stereocenters. The van der Waals surface area contributed by atoms with Gasteiger partial charge in [0.2, 0.25) is 11.7 Å². The van der Waals surface area contributed by atoms with Gasteiger partial charge in [-0.05, 0) is 0 Å². The first-order chi connectivity index (χ1) is 11.3. The molecule has 1 aromatic heterocycles. The normalized spacial score (nSPS) is 14.7. The highest BCUT2D eigenvalue weighted by Gasteiger charge is 2.24. The van der Waals surface area contributed by atoms with Crippen LogP contribution in [-0.4, -0.2) is 67.7 Å². The molecule has 1 aromatic rings. The van der Waals surface area contributed by atoms with Crippen LogP contribution in [0.25, 0.3) is 0 Å². The van der Waals surface area contributed by atoms with Crippen molar-refractivity contribution in [2.24, 2.45) is 0 Å². The van der Waals surface area contributed by atoms with Gasteiger partial charge in [0.15, 0.2) is 0 Å². The van der Waals surface area contributed by atoms with Gasteiger partial charge in [-0.3, -0.25) is 14.2 Å². The third-order valence-corrected chi connectivity index (χ3v) is 4.54. The van der Waals surface area contributed by atoms with Crippen LogP contribution in [0.2, 0.25) is 0 Å². The van der Waals surface area contributed by atoms with Gasteiger partial charge in [0, 0.05) is 19.8 Å². The Morgan fingerprint density at radius 1 is 1.46 bits per heavy atom. The number of hydrogen-bond acceptors (Lipinski definition) is 7. The number of aromatic nitrogens is 2. The number of sulfone groups is 1. The summed E-state index contributed by atoms with van der Waals surface area (Å²) in [5.41, 5.74) is 0.0568. The van der Waals surface area contributed by atoms with Gasteiger partial charge in [-0.25, -0.2) is 13.4 Å². The Balaban J connectivity index is 2.14. The van der Waals surface area contributed by atoms with Crippen molar-refractivity contribution in [2.45, 2.75) is 19.5 Å². The van der Waals surface area contributed by atoms with E-state index in [1.165, 1.54) is 15.8 Å². The lowest BCUT2D eigenvalue weighted by Gasteiger charge is -2.19. The zero-order valence-corrected chi connectivity index (χ0v) is 14.5. The van der Waals surface area contributed by atoms with Crippen LogP contribution in [0.4, 0.5) is 0 Å². The van der Waals surface area contributed by atoms with Crippen LogP contribution < -0.4 is 10.3 Å². The second-order valence-electron chi connectivity index (χ2n) is 5.56. The zero-order valence-electron chi connectivity index (χ0n) is 13.7. The molecule has 0 N–H and O–H groups in total. The van der Waals surface area contributed by atoms with E-state index in [9.17, 15) is 18.0 Å². The minimum absolute atomic E-state index is 0.0981. The van der Waals surface area contributed by atoms with E-state index < -0.39 is 9.84 Å². The number of amides is 1. The van der Waals surface area contributed by atoms with Gasteiger partial charge >= 0.3 is 0 Å². The molecule has 10 heteroatoms. The minimum Gasteiger partial charge on any atom is -0.485 e. The second-order valence-corrected chi connectivity index (χ2v) is 7.82. The molecule has 134 valence electrons. The molecule has 1 amide bonds. The van der Waals surface area contributed by atoms with E-state index in [2.05, 4.69) is 4.98 Å². The Bertz CT molecular complexity index is 758. The molecule has 0 unspecified atom stereocenters. The molecule has 0 radical (unpaired) electrons. The number of nitrogens with zero attached hydrogens (tertiary/aromatic N) is 3. The van der Waals surface area contributed by atoms with Crippen molar-refractivity contribution in [3.05, 3.63) is 22.4 Å². The lowest BCUT2D eigenvalue weighted by molar-refractivity contribution is -0.131. The summed E-state index contributed by atoms with van der Waals surface area (Å²) in [6.45, 7) is 1.28. The van der Waals surface area contributed by atoms with Crippen LogP contribution >= 0.6 is 0 Å². The Kier molecular flexibility index (Phi) is 5.94. The predicted molar refractivity (Wildman–Crippen MR) is 85.6 cm³/mol. The van der Waals surface area contributed by atoms with Crippen LogP contribution in [0.5, 0.6) is 5.75 Å². The number of methoxy groups -OCH3 is 1. The Hall–Kier alpha value is -1.94. The third-order valence-electron chi connectivity index (χ3n) is 3.59. The Morgan fingerprint density at radius 3 is 2.88 bits per heavy atom. The molecule has 0 aliphatic carbocycles. The van der Waals surface area contributed by atoms with Crippen molar-refractivity contribution in [2.75, 3.05) is 38.9 Å². The molecule has 0 spiro atoms. The van der Waals surface area contributed by atoms with Crippen molar-refractivity contribution in [3.63, 3.8) is 0 Å². The van der Waals surface area contributed by atoms with E-state index in [0.29, 0.717) is 18.8 Å². The van der Waals surface area contributed by atoms with Crippen molar-refractivity contribution < 1.29 is 22.7 Å². The quantitative estimate of drug-likeness (QED) is 0.644. The summed E-state index contributed by atoms with van der Waals surface area (Å²) < 4.78 is 34.2. The number of carbonyl (C=O) groups is 1. The molecule has 24 heavy (non-hydrogen) atoms. The number of ether oxygens (including phenoxy) is 2. The largest absolute Gasteiger partial charge is 0.485 e. The van der Waals surface area contributed by atoms with E-state index in [1.807, 2.05) is 0 Å². The molecule has 0 bridgehead atoms. The van der Waals surface area contributed by atoms with Gasteiger partial charge in [-0.1, -0.05) is 0 Å². The molecule has 1 aliphatic heterocycles. The standard InChI is InChI=1S/C14H21N3O6S/c1-22-6-4-17-10-15-11-9-16(5-7-23-13(11)14(17)19)12(18)3-8-24(2,20)21/h10H,3-9H2,1-2H3. The molecule has 0 saturated heterocycles. The Morgan fingerprint density at radius 2 is 2.21 bits per heavy atom. The topological polar surface area (TPSA) is 108 Å². The van der Waals surface area contributed by atoms with Gasteiger partial charge in [0.25, 0.3) is 5.56 Å². The summed E-state index contributed by atoms with van der Waals surface area (Å²) in [4.78, 5) is 30.2. The van der Waals surface area contributed by atoms with Crippen molar-refractivity contribution >= 4 is 15.7 Å². The van der Waals surface area contributed by atoms with Crippen molar-refractivity contribution in [1.29, 1.82) is 0 Å². The third kappa shape index (κ3) is 4.78. The highest BCUT2D eigenvalue weighted by atomic mass is 32.2. The molecular formula is C14H21N3O6S. The molecular weight excluding hydrogens is 338 g/mol. The maximum absolute atomic E-state index is 12.4. The zero-order chi connectivity index (χ0) is 17.7. The van der Waals surface area contributed by atoms with Gasteiger partial charge in [-0.15, -0.1) is 0 Å². The predicted octanol–water partition coefficient (Wildman–Crippen LogP) is -0.955. The number of hydrogen-bond donors (Lipinski definition) is 0. The van der Waals surface area contributed by atoms with E-state index in [-0.39, 0.29) is 49.1 Å². The second kappa shape index (κ2) is 7.75. The molecule has 2 heterocycles. The molecule has 0 aromatic carbocycles. The van der Waals surface area contributed by atoms with Crippen LogP contribution in [0.3, 0.4) is 0 Å². The SMILES string of the molecule is COCCn1cnc2c(c1=O)OCCN(C(=O)CCS(C)(=O)=O)C2. The smallest absolute Gasteiger partial charge is 0.296 e. The highest BCUT2D eigenvalue weighted by Crippen LogP contribution is 2.17. The van der Waals surface area contributed by atoms with Crippen molar-refractivity contribution in [3.8, 4) is 5.75 Å². The minimum atomic E-state index is -3.21. The molecule has 9 nitrogen and oxygen atoms in total. The van der Waals surface area contributed by atoms with Crippen LogP contribution in [0, 0.1) is 0 Å². The average molecular weight is 359 g/mol. The van der Waals surface area contributed by atoms with E-state index in [4.69, 9.17) is 9.47 Å². The van der Waals surface area contributed by atoms with E-state index >= 15 is 0 Å². The maximum atomic E-state index is 12.4. The first kappa shape index (κ1) is 18.4.